The molecule has 4 rings (SSSR count). The van der Waals surface area contributed by atoms with Gasteiger partial charge in [0.2, 0.25) is 0 Å². The molecule has 10 atom stereocenters. The molecule has 4 aliphatic rings. The number of rotatable bonds is 18. The number of Topliss-reactive ketones (excluding diaryl/α,β-unsaturated/α-hetero) is 1. The first-order chi connectivity index (χ1) is 44.4. The smallest absolute Gasteiger partial charge is 0.313 e. The van der Waals surface area contributed by atoms with Crippen molar-refractivity contribution in [1.29, 1.82) is 10.5 Å². The highest BCUT2D eigenvalue weighted by molar-refractivity contribution is 5.95. The second kappa shape index (κ2) is 48.7. The number of nitrogens with zero attached hydrogens (tertiary/aromatic N) is 5. The minimum atomic E-state index is -1.00. The van der Waals surface area contributed by atoms with Crippen LogP contribution >= 0.6 is 0 Å². The van der Waals surface area contributed by atoms with Crippen molar-refractivity contribution in [3.8, 4) is 12.1 Å². The summed E-state index contributed by atoms with van der Waals surface area (Å²) in [6, 6.07) is 3.84. The number of esters is 7. The molecular formula is C72H128N6O19. The molecule has 0 spiro atoms. The van der Waals surface area contributed by atoms with Gasteiger partial charge in [-0.2, -0.15) is 10.5 Å². The van der Waals surface area contributed by atoms with E-state index in [0.29, 0.717) is 56.0 Å². The van der Waals surface area contributed by atoms with Crippen molar-refractivity contribution in [1.82, 2.24) is 0 Å². The summed E-state index contributed by atoms with van der Waals surface area (Å²) < 4.78 is 35.4. The minimum absolute atomic E-state index is 0.0290. The van der Waals surface area contributed by atoms with Crippen LogP contribution in [-0.2, 0) is 71.5 Å². The summed E-state index contributed by atoms with van der Waals surface area (Å²) in [5.74, 6) is -0.870. The lowest BCUT2D eigenvalue weighted by Gasteiger charge is -2.27. The molecule has 6 N–H and O–H groups in total. The average molecular weight is 1380 g/mol. The molecule has 4 fully saturated rings. The van der Waals surface area contributed by atoms with E-state index < -0.39 is 52.3 Å². The summed E-state index contributed by atoms with van der Waals surface area (Å²) >= 11 is 0. The van der Waals surface area contributed by atoms with Crippen molar-refractivity contribution in [3.63, 3.8) is 0 Å². The number of ether oxygens (including phenoxy) is 7. The van der Waals surface area contributed by atoms with E-state index in [1.165, 1.54) is 6.92 Å². The molecular weight excluding hydrogens is 1250 g/mol. The standard InChI is InChI=1S/C12H21N3O2.C12H23NO2.2C12H22O3.C11H17NO4.C7H11NO3.C6H12O2/c1-12(2,3)17-11(16)8-9-5-4-6-10(7-9)14-15-13;3*1-12(2,3)15-11(14)8-9-5-4-6-10(13)7-9;1-11(2,3)16-10(15)7-9(14)6-8(13)4-5-12;1-2-11-7(10)5-6(9)3-4-8;1-5(7)8-6(2,3)4/h9-10H,4-8H2,1-3H3;9-10H,4-8,13H2,1-3H3;2*9-10,13H,4-8H2,1-3H3;8,13H,4,6-7H2,1-3H3;6,9H,2-3,5H2,1H3;1-4H3/t2*9-,10-;2*9-,10+;8-;6-;/m000011./s1. The van der Waals surface area contributed by atoms with Gasteiger partial charge in [-0.1, -0.05) is 30.8 Å². The minimum Gasteiger partial charge on any atom is -0.466 e. The number of carbonyl (C=O) groups is 8. The SMILES string of the molecule is CC(=O)OC(C)(C)C.CC(C)(C)OC(=O)CC(=O)C[C@H](O)CC#N.CC(C)(C)OC(=O)C[C@H]1CCC[C@@H](O)C1.CC(C)(C)OC(=O)C[C@H]1CCC[C@@H](O)C1.CC(C)(C)OC(=O)C[C@H]1CCC[C@H](N)C1.CC(C)(C)OC(=O)C[C@H]1CCC[C@H](N=[N+]=[N-])C1.CCOC(=O)C[C@H](O)CC#N. The van der Waals surface area contributed by atoms with E-state index in [1.54, 1.807) is 39.8 Å². The monoisotopic (exact) mass is 1380 g/mol. The second-order valence-corrected chi connectivity index (χ2v) is 31.5. The number of ketones is 1. The number of hydrogen-bond acceptors (Lipinski definition) is 23. The van der Waals surface area contributed by atoms with Crippen LogP contribution in [0.3, 0.4) is 0 Å². The summed E-state index contributed by atoms with van der Waals surface area (Å²) in [7, 11) is 0. The molecule has 0 aromatic carbocycles. The number of aliphatic hydroxyl groups excluding tert-OH is 4. The number of hydrogen-bond donors (Lipinski definition) is 5. The van der Waals surface area contributed by atoms with Gasteiger partial charge in [-0.05, 0) is 238 Å². The molecule has 0 heterocycles. The molecule has 4 saturated carbocycles. The van der Waals surface area contributed by atoms with Crippen LogP contribution in [0.2, 0.25) is 0 Å². The lowest BCUT2D eigenvalue weighted by Crippen LogP contribution is -2.31. The quantitative estimate of drug-likeness (QED) is 0.0212. The van der Waals surface area contributed by atoms with Gasteiger partial charge in [0.15, 0.2) is 0 Å². The molecule has 97 heavy (non-hydrogen) atoms. The largest absolute Gasteiger partial charge is 0.466 e. The molecule has 0 aromatic heterocycles. The highest BCUT2D eigenvalue weighted by atomic mass is 16.6. The average Bonchev–Trinajstić information content (AvgIpc) is 3.45. The molecule has 0 unspecified atom stereocenters. The fourth-order valence-corrected chi connectivity index (χ4v) is 10.6. The molecule has 0 aliphatic heterocycles. The summed E-state index contributed by atoms with van der Waals surface area (Å²) in [6.45, 7) is 36.6. The fraction of sp³-hybridized carbons (Fsp3) is 0.861. The first-order valence-corrected chi connectivity index (χ1v) is 34.6. The molecule has 0 bridgehead atoms. The highest BCUT2D eigenvalue weighted by Crippen LogP contribution is 2.32. The number of nitriles is 2. The molecule has 4 aliphatic carbocycles. The van der Waals surface area contributed by atoms with Crippen molar-refractivity contribution < 1.29 is 91.9 Å². The topological polar surface area (TPSA) is 404 Å². The third kappa shape index (κ3) is 64.5. The molecule has 0 aromatic rings. The lowest BCUT2D eigenvalue weighted by molar-refractivity contribution is -0.158. The Labute approximate surface area is 580 Å². The molecule has 0 saturated heterocycles. The van der Waals surface area contributed by atoms with Crippen molar-refractivity contribution in [2.75, 3.05) is 6.61 Å². The van der Waals surface area contributed by atoms with Gasteiger partial charge in [0.05, 0.1) is 62.4 Å². The molecule has 0 amide bonds. The van der Waals surface area contributed by atoms with E-state index in [2.05, 4.69) is 14.8 Å². The summed E-state index contributed by atoms with van der Waals surface area (Å²) in [5.41, 5.74) is 11.7. The van der Waals surface area contributed by atoms with Gasteiger partial charge in [0.1, 0.15) is 45.8 Å². The third-order valence-electron chi connectivity index (χ3n) is 13.8. The maximum Gasteiger partial charge on any atom is 0.313 e. The Morgan fingerprint density at radius 3 is 1.10 bits per heavy atom. The molecule has 560 valence electrons. The van der Waals surface area contributed by atoms with Crippen molar-refractivity contribution >= 4 is 47.6 Å². The van der Waals surface area contributed by atoms with E-state index >= 15 is 0 Å². The Hall–Kier alpha value is -5.95. The zero-order valence-electron chi connectivity index (χ0n) is 62.9. The number of nitrogens with two attached hydrogens (primary N) is 1. The van der Waals surface area contributed by atoms with Gasteiger partial charge in [-0.25, -0.2) is 0 Å². The van der Waals surface area contributed by atoms with Crippen LogP contribution in [0.25, 0.3) is 10.4 Å². The van der Waals surface area contributed by atoms with E-state index in [9.17, 15) is 48.6 Å². The first kappa shape index (κ1) is 95.2. The Morgan fingerprint density at radius 1 is 0.485 bits per heavy atom. The van der Waals surface area contributed by atoms with Gasteiger partial charge in [-0.3, -0.25) is 38.4 Å². The number of azide groups is 1. The van der Waals surface area contributed by atoms with Gasteiger partial charge in [0.25, 0.3) is 0 Å². The Kier molecular flexibility index (Phi) is 47.8. The van der Waals surface area contributed by atoms with E-state index in [0.717, 1.165) is 103 Å². The van der Waals surface area contributed by atoms with Gasteiger partial charge < -0.3 is 59.3 Å². The van der Waals surface area contributed by atoms with E-state index in [-0.39, 0.29) is 97.4 Å². The highest BCUT2D eigenvalue weighted by Gasteiger charge is 2.30. The maximum absolute atomic E-state index is 11.7. The number of carbonyl (C=O) groups excluding carboxylic acids is 8. The summed E-state index contributed by atoms with van der Waals surface area (Å²) in [6.07, 6.45) is 14.3. The predicted octanol–water partition coefficient (Wildman–Crippen LogP) is 12.9. The van der Waals surface area contributed by atoms with Gasteiger partial charge in [0, 0.05) is 56.0 Å². The number of aliphatic hydroxyl groups is 4. The first-order valence-electron chi connectivity index (χ1n) is 34.6. The summed E-state index contributed by atoms with van der Waals surface area (Å²) in [4.78, 5) is 92.5. The van der Waals surface area contributed by atoms with Crippen LogP contribution < -0.4 is 5.73 Å². The zero-order chi connectivity index (χ0) is 75.6. The van der Waals surface area contributed by atoms with Gasteiger partial charge >= 0.3 is 41.8 Å². The molecule has 25 heteroatoms. The van der Waals surface area contributed by atoms with Crippen LogP contribution in [0.1, 0.15) is 299 Å². The van der Waals surface area contributed by atoms with Crippen LogP contribution in [0.5, 0.6) is 0 Å². The maximum atomic E-state index is 11.7. The molecule has 0 radical (unpaired) electrons. The van der Waals surface area contributed by atoms with Gasteiger partial charge in [-0.15, -0.1) is 0 Å². The second-order valence-electron chi connectivity index (χ2n) is 31.5. The Morgan fingerprint density at radius 2 is 0.804 bits per heavy atom. The predicted molar refractivity (Wildman–Crippen MR) is 368 cm³/mol. The fourth-order valence-electron chi connectivity index (χ4n) is 10.6. The van der Waals surface area contributed by atoms with Crippen molar-refractivity contribution in [3.05, 3.63) is 10.4 Å². The third-order valence-corrected chi connectivity index (χ3v) is 13.8. The van der Waals surface area contributed by atoms with E-state index in [4.69, 9.17) is 60.4 Å². The van der Waals surface area contributed by atoms with Crippen LogP contribution in [0.15, 0.2) is 5.11 Å². The molecule has 25 nitrogen and oxygen atoms in total. The van der Waals surface area contributed by atoms with E-state index in [1.807, 2.05) is 104 Å². The van der Waals surface area contributed by atoms with Crippen molar-refractivity contribution in [2.24, 2.45) is 34.5 Å². The zero-order valence-corrected chi connectivity index (χ0v) is 62.9. The lowest BCUT2D eigenvalue weighted by atomic mass is 9.84. The Bertz CT molecular complexity index is 2330. The van der Waals surface area contributed by atoms with Crippen LogP contribution in [0, 0.1) is 46.3 Å². The van der Waals surface area contributed by atoms with Crippen molar-refractivity contribution in [2.45, 2.75) is 369 Å². The normalized spacial score (nSPS) is 21.4. The van der Waals surface area contributed by atoms with Crippen LogP contribution in [-0.4, -0.2) is 145 Å². The van der Waals surface area contributed by atoms with Crippen LogP contribution in [0.4, 0.5) is 0 Å². The summed E-state index contributed by atoms with van der Waals surface area (Å²) in [5, 5.41) is 57.2. The Balaban J connectivity index is -0.00000107.